The van der Waals surface area contributed by atoms with E-state index in [4.69, 9.17) is 9.84 Å². The molecular formula is C28H24F2N4O2. The van der Waals surface area contributed by atoms with Gasteiger partial charge in [-0.25, -0.2) is 18.4 Å². The number of hydrogen-bond acceptors (Lipinski definition) is 4. The summed E-state index contributed by atoms with van der Waals surface area (Å²) >= 11 is 0. The first-order valence-electron chi connectivity index (χ1n) is 11.5. The zero-order valence-corrected chi connectivity index (χ0v) is 20.3. The molecule has 0 saturated carbocycles. The Morgan fingerprint density at radius 2 is 1.78 bits per heavy atom. The molecule has 0 unspecified atom stereocenters. The number of hydrogen-bond donors (Lipinski definition) is 0. The molecule has 36 heavy (non-hydrogen) atoms. The maximum Gasteiger partial charge on any atom is 0.267 e. The van der Waals surface area contributed by atoms with Crippen molar-refractivity contribution in [3.63, 3.8) is 0 Å². The average Bonchev–Trinajstić information content (AvgIpc) is 3.21. The van der Waals surface area contributed by atoms with Crippen LogP contribution in [0.25, 0.3) is 22.6 Å². The number of aromatic nitrogens is 4. The van der Waals surface area contributed by atoms with Crippen molar-refractivity contribution in [3.8, 4) is 22.7 Å². The van der Waals surface area contributed by atoms with E-state index >= 15 is 0 Å². The average molecular weight is 487 g/mol. The van der Waals surface area contributed by atoms with E-state index in [1.165, 1.54) is 16.5 Å². The lowest BCUT2D eigenvalue weighted by Crippen LogP contribution is -2.19. The van der Waals surface area contributed by atoms with Gasteiger partial charge in [0.1, 0.15) is 23.9 Å². The fourth-order valence-corrected chi connectivity index (χ4v) is 4.23. The van der Waals surface area contributed by atoms with E-state index in [2.05, 4.69) is 11.1 Å². The van der Waals surface area contributed by atoms with Crippen LogP contribution >= 0.6 is 0 Å². The van der Waals surface area contributed by atoms with Crippen molar-refractivity contribution < 1.29 is 13.5 Å². The normalized spacial score (nSPS) is 11.3. The molecule has 5 aromatic rings. The Labute approximate surface area is 206 Å². The van der Waals surface area contributed by atoms with Crippen LogP contribution in [0.3, 0.4) is 0 Å². The zero-order valence-electron chi connectivity index (χ0n) is 20.3. The van der Waals surface area contributed by atoms with Crippen LogP contribution in [0.5, 0.6) is 5.75 Å². The van der Waals surface area contributed by atoms with E-state index in [1.807, 2.05) is 43.7 Å². The van der Waals surface area contributed by atoms with Gasteiger partial charge in [0, 0.05) is 23.5 Å². The monoisotopic (exact) mass is 486 g/mol. The molecule has 6 nitrogen and oxygen atoms in total. The molecule has 0 aliphatic heterocycles. The van der Waals surface area contributed by atoms with Crippen LogP contribution in [-0.2, 0) is 6.61 Å². The third-order valence-electron chi connectivity index (χ3n) is 6.13. The smallest absolute Gasteiger partial charge is 0.267 e. The predicted octanol–water partition coefficient (Wildman–Crippen LogP) is 5.64. The van der Waals surface area contributed by atoms with Gasteiger partial charge in [0.2, 0.25) is 0 Å². The summed E-state index contributed by atoms with van der Waals surface area (Å²) < 4.78 is 36.3. The Morgan fingerprint density at radius 1 is 0.972 bits per heavy atom. The summed E-state index contributed by atoms with van der Waals surface area (Å²) in [4.78, 5) is 18.2. The Morgan fingerprint density at radius 3 is 2.56 bits per heavy atom. The Bertz CT molecular complexity index is 1690. The van der Waals surface area contributed by atoms with Crippen molar-refractivity contribution in [1.29, 1.82) is 0 Å². The minimum atomic E-state index is -0.700. The molecular weight excluding hydrogens is 462 g/mol. The second kappa shape index (κ2) is 9.03. The van der Waals surface area contributed by atoms with Crippen LogP contribution in [0, 0.1) is 39.3 Å². The number of halogens is 2. The molecule has 8 heteroatoms. The van der Waals surface area contributed by atoms with E-state index in [1.54, 1.807) is 25.3 Å². The van der Waals surface area contributed by atoms with Crippen molar-refractivity contribution in [2.24, 2.45) is 0 Å². The number of pyridine rings is 1. The summed E-state index contributed by atoms with van der Waals surface area (Å²) in [5.74, 6) is -1.05. The fourth-order valence-electron chi connectivity index (χ4n) is 4.23. The SMILES string of the molecule is Cc1ccc(C)c(-n2nc(-c3c(C)nc4c(OCc5ccc(F)cc5F)cccn4c3=O)cc2C)c1. The van der Waals surface area contributed by atoms with Gasteiger partial charge in [-0.2, -0.15) is 5.10 Å². The van der Waals surface area contributed by atoms with Crippen molar-refractivity contribution in [2.75, 3.05) is 0 Å². The molecule has 0 saturated heterocycles. The van der Waals surface area contributed by atoms with E-state index in [0.29, 0.717) is 28.3 Å². The lowest BCUT2D eigenvalue weighted by atomic mass is 10.1. The third-order valence-corrected chi connectivity index (χ3v) is 6.13. The number of fused-ring (bicyclic) bond motifs is 1. The predicted molar refractivity (Wildman–Crippen MR) is 134 cm³/mol. The van der Waals surface area contributed by atoms with E-state index in [9.17, 15) is 13.6 Å². The van der Waals surface area contributed by atoms with Crippen LogP contribution in [0.1, 0.15) is 28.1 Å². The van der Waals surface area contributed by atoms with Crippen LogP contribution in [0.4, 0.5) is 8.78 Å². The van der Waals surface area contributed by atoms with Crippen molar-refractivity contribution in [2.45, 2.75) is 34.3 Å². The van der Waals surface area contributed by atoms with Crippen LogP contribution in [0.15, 0.2) is 65.6 Å². The summed E-state index contributed by atoms with van der Waals surface area (Å²) in [6, 6.07) is 14.6. The maximum atomic E-state index is 14.0. The molecule has 0 aliphatic rings. The highest BCUT2D eigenvalue weighted by Crippen LogP contribution is 2.26. The highest BCUT2D eigenvalue weighted by molar-refractivity contribution is 5.66. The molecule has 0 N–H and O–H groups in total. The first-order chi connectivity index (χ1) is 17.2. The van der Waals surface area contributed by atoms with Gasteiger partial charge in [-0.05, 0) is 75.2 Å². The molecule has 0 spiro atoms. The van der Waals surface area contributed by atoms with Gasteiger partial charge < -0.3 is 4.74 Å². The number of benzene rings is 2. The second-order valence-electron chi connectivity index (χ2n) is 8.84. The standard InChI is InChI=1S/C28H24F2N4O2/c1-16-7-8-17(2)24(12-16)34-18(3)13-23(32-34)26-19(4)31-27-25(6-5-11-33(27)28(26)35)36-15-20-9-10-21(29)14-22(20)30/h5-14H,15H2,1-4H3. The van der Waals surface area contributed by atoms with Gasteiger partial charge in [-0.15, -0.1) is 0 Å². The van der Waals surface area contributed by atoms with Gasteiger partial charge in [-0.1, -0.05) is 12.1 Å². The van der Waals surface area contributed by atoms with Gasteiger partial charge >= 0.3 is 0 Å². The maximum absolute atomic E-state index is 14.0. The molecule has 3 aromatic heterocycles. The lowest BCUT2D eigenvalue weighted by Gasteiger charge is -2.12. The lowest BCUT2D eigenvalue weighted by molar-refractivity contribution is 0.301. The largest absolute Gasteiger partial charge is 0.485 e. The molecule has 0 radical (unpaired) electrons. The van der Waals surface area contributed by atoms with Gasteiger partial charge in [-0.3, -0.25) is 9.20 Å². The molecule has 3 heterocycles. The van der Waals surface area contributed by atoms with Crippen LogP contribution in [-0.4, -0.2) is 19.2 Å². The summed E-state index contributed by atoms with van der Waals surface area (Å²) in [6.45, 7) is 7.60. The summed E-state index contributed by atoms with van der Waals surface area (Å²) in [6.07, 6.45) is 1.60. The van der Waals surface area contributed by atoms with Crippen LogP contribution < -0.4 is 10.3 Å². The quantitative estimate of drug-likeness (QED) is 0.323. The van der Waals surface area contributed by atoms with Crippen molar-refractivity contribution in [3.05, 3.63) is 111 Å². The third kappa shape index (κ3) is 4.15. The van der Waals surface area contributed by atoms with E-state index in [0.717, 1.165) is 28.6 Å². The molecule has 0 atom stereocenters. The number of ether oxygens (including phenoxy) is 1. The minimum absolute atomic E-state index is 0.137. The van der Waals surface area contributed by atoms with Gasteiger partial charge in [0.05, 0.1) is 16.9 Å². The number of nitrogens with zero attached hydrogens (tertiary/aromatic N) is 4. The van der Waals surface area contributed by atoms with Crippen molar-refractivity contribution >= 4 is 5.65 Å². The topological polar surface area (TPSA) is 61.4 Å². The highest BCUT2D eigenvalue weighted by Gasteiger charge is 2.19. The Kier molecular flexibility index (Phi) is 5.88. The van der Waals surface area contributed by atoms with Gasteiger partial charge in [0.25, 0.3) is 5.56 Å². The zero-order chi connectivity index (χ0) is 25.6. The molecule has 0 amide bonds. The molecule has 5 rings (SSSR count). The molecule has 182 valence electrons. The number of aryl methyl sites for hydroxylation is 4. The number of rotatable bonds is 5. The van der Waals surface area contributed by atoms with Crippen molar-refractivity contribution in [1.82, 2.24) is 19.2 Å². The summed E-state index contributed by atoms with van der Waals surface area (Å²) in [5.41, 5.74) is 5.65. The van der Waals surface area contributed by atoms with Gasteiger partial charge in [0.15, 0.2) is 11.4 Å². The fraction of sp³-hybridized carbons (Fsp3) is 0.179. The highest BCUT2D eigenvalue weighted by atomic mass is 19.1. The second-order valence-corrected chi connectivity index (χ2v) is 8.84. The van der Waals surface area contributed by atoms with E-state index < -0.39 is 11.6 Å². The van der Waals surface area contributed by atoms with Crippen LogP contribution in [0.2, 0.25) is 0 Å². The Hall–Kier alpha value is -4.33. The van der Waals surface area contributed by atoms with E-state index in [-0.39, 0.29) is 17.7 Å². The molecule has 0 fully saturated rings. The summed E-state index contributed by atoms with van der Waals surface area (Å²) in [7, 11) is 0. The first-order valence-corrected chi connectivity index (χ1v) is 11.5. The molecule has 2 aromatic carbocycles. The summed E-state index contributed by atoms with van der Waals surface area (Å²) in [5, 5.41) is 4.76. The molecule has 0 bridgehead atoms. The minimum Gasteiger partial charge on any atom is -0.485 e. The Balaban J connectivity index is 1.56. The first kappa shape index (κ1) is 23.4. The molecule has 0 aliphatic carbocycles.